The van der Waals surface area contributed by atoms with Gasteiger partial charge in [-0.2, -0.15) is 5.10 Å². The fraction of sp³-hybridized carbons (Fsp3) is 0.474. The molecule has 2 N–H and O–H groups in total. The van der Waals surface area contributed by atoms with E-state index in [0.29, 0.717) is 12.6 Å². The van der Waals surface area contributed by atoms with Gasteiger partial charge in [-0.05, 0) is 38.0 Å². The molecule has 2 heterocycles. The first-order valence-corrected chi connectivity index (χ1v) is 9.02. The molecule has 26 heavy (non-hydrogen) atoms. The van der Waals surface area contributed by atoms with Crippen molar-refractivity contribution in [3.05, 3.63) is 47.8 Å². The molecule has 0 amide bonds. The summed E-state index contributed by atoms with van der Waals surface area (Å²) in [6.45, 7) is 7.75. The van der Waals surface area contributed by atoms with Gasteiger partial charge >= 0.3 is 0 Å². The molecule has 0 fully saturated rings. The summed E-state index contributed by atoms with van der Waals surface area (Å²) in [5.41, 5.74) is 3.92. The summed E-state index contributed by atoms with van der Waals surface area (Å²) in [5.74, 6) is 0.850. The van der Waals surface area contributed by atoms with Crippen molar-refractivity contribution in [2.24, 2.45) is 12.0 Å². The first-order valence-electron chi connectivity index (χ1n) is 9.02. The minimum Gasteiger partial charge on any atom is -0.366 e. The highest BCUT2D eigenvalue weighted by Gasteiger charge is 2.22. The second-order valence-corrected chi connectivity index (χ2v) is 6.44. The van der Waals surface area contributed by atoms with Gasteiger partial charge in [0.1, 0.15) is 0 Å². The number of para-hydroxylation sites is 1. The summed E-state index contributed by atoms with van der Waals surface area (Å²) in [4.78, 5) is 7.15. The lowest BCUT2D eigenvalue weighted by atomic mass is 10.2. The lowest BCUT2D eigenvalue weighted by Crippen LogP contribution is -2.45. The molecule has 1 aromatic carbocycles. The third-order valence-electron chi connectivity index (χ3n) is 4.69. The van der Waals surface area contributed by atoms with Crippen molar-refractivity contribution in [3.8, 4) is 0 Å². The zero-order chi connectivity index (χ0) is 17.6. The van der Waals surface area contributed by atoms with E-state index in [4.69, 9.17) is 0 Å². The van der Waals surface area contributed by atoms with Crippen LogP contribution in [-0.4, -0.2) is 41.4 Å². The molecule has 3 rings (SSSR count). The molecule has 2 aromatic rings. The molecule has 0 saturated carbocycles. The molecule has 7 heteroatoms. The van der Waals surface area contributed by atoms with Gasteiger partial charge in [-0.1, -0.05) is 18.2 Å². The number of nitrogens with one attached hydrogen (secondary N) is 2. The van der Waals surface area contributed by atoms with E-state index in [-0.39, 0.29) is 24.0 Å². The fourth-order valence-corrected chi connectivity index (χ4v) is 3.23. The van der Waals surface area contributed by atoms with Crippen LogP contribution in [0.3, 0.4) is 0 Å². The molecule has 6 nitrogen and oxygen atoms in total. The van der Waals surface area contributed by atoms with E-state index in [9.17, 15) is 0 Å². The number of halogens is 1. The molecule has 0 bridgehead atoms. The largest absolute Gasteiger partial charge is 0.366 e. The Kier molecular flexibility index (Phi) is 7.74. The van der Waals surface area contributed by atoms with Crippen LogP contribution in [0.1, 0.15) is 25.1 Å². The zero-order valence-corrected chi connectivity index (χ0v) is 18.1. The molecule has 1 unspecified atom stereocenters. The van der Waals surface area contributed by atoms with Gasteiger partial charge in [0.15, 0.2) is 5.96 Å². The summed E-state index contributed by atoms with van der Waals surface area (Å²) in [6, 6.07) is 11.1. The molecule has 0 saturated heterocycles. The number of nitrogens with zero attached hydrogens (tertiary/aromatic N) is 4. The van der Waals surface area contributed by atoms with E-state index in [0.717, 1.165) is 37.7 Å². The minimum atomic E-state index is 0. The van der Waals surface area contributed by atoms with E-state index in [1.807, 2.05) is 17.8 Å². The van der Waals surface area contributed by atoms with E-state index in [1.165, 1.54) is 11.3 Å². The SMILES string of the molecule is CCNC(=NCc1ccnn1C)NCC(C)N1CCc2ccccc21.I. The van der Waals surface area contributed by atoms with Gasteiger partial charge in [-0.25, -0.2) is 4.99 Å². The summed E-state index contributed by atoms with van der Waals surface area (Å²) < 4.78 is 1.86. The van der Waals surface area contributed by atoms with Crippen LogP contribution in [0.5, 0.6) is 0 Å². The van der Waals surface area contributed by atoms with Crippen molar-refractivity contribution >= 4 is 35.6 Å². The maximum Gasteiger partial charge on any atom is 0.191 e. The van der Waals surface area contributed by atoms with E-state index in [2.05, 4.69) is 63.7 Å². The molecule has 0 radical (unpaired) electrons. The smallest absolute Gasteiger partial charge is 0.191 e. The number of hydrogen-bond donors (Lipinski definition) is 2. The first-order chi connectivity index (χ1) is 12.2. The predicted octanol–water partition coefficient (Wildman–Crippen LogP) is 2.54. The highest BCUT2D eigenvalue weighted by atomic mass is 127. The summed E-state index contributed by atoms with van der Waals surface area (Å²) in [7, 11) is 1.94. The van der Waals surface area contributed by atoms with Crippen LogP contribution in [0, 0.1) is 0 Å². The Hall–Kier alpha value is -1.77. The van der Waals surface area contributed by atoms with Crippen molar-refractivity contribution < 1.29 is 0 Å². The second-order valence-electron chi connectivity index (χ2n) is 6.44. The van der Waals surface area contributed by atoms with Crippen LogP contribution in [0.15, 0.2) is 41.5 Å². The number of guanidine groups is 1. The van der Waals surface area contributed by atoms with Gasteiger partial charge in [-0.3, -0.25) is 4.68 Å². The monoisotopic (exact) mass is 468 g/mol. The molecular weight excluding hydrogens is 439 g/mol. The number of anilines is 1. The van der Waals surface area contributed by atoms with Gasteiger partial charge in [0.2, 0.25) is 0 Å². The van der Waals surface area contributed by atoms with Crippen molar-refractivity contribution in [2.75, 3.05) is 24.5 Å². The lowest BCUT2D eigenvalue weighted by Gasteiger charge is -2.28. The van der Waals surface area contributed by atoms with E-state index in [1.54, 1.807) is 6.20 Å². The molecule has 1 atom stereocenters. The summed E-state index contributed by atoms with van der Waals surface area (Å²) in [6.07, 6.45) is 2.94. The molecule has 0 aliphatic carbocycles. The van der Waals surface area contributed by atoms with Crippen molar-refractivity contribution in [1.29, 1.82) is 0 Å². The number of aryl methyl sites for hydroxylation is 1. The van der Waals surface area contributed by atoms with Crippen molar-refractivity contribution in [3.63, 3.8) is 0 Å². The molecule has 1 aromatic heterocycles. The Morgan fingerprint density at radius 2 is 2.08 bits per heavy atom. The van der Waals surface area contributed by atoms with E-state index < -0.39 is 0 Å². The summed E-state index contributed by atoms with van der Waals surface area (Å²) in [5, 5.41) is 11.0. The Morgan fingerprint density at radius 3 is 2.81 bits per heavy atom. The van der Waals surface area contributed by atoms with E-state index >= 15 is 0 Å². The van der Waals surface area contributed by atoms with Crippen LogP contribution in [0.2, 0.25) is 0 Å². The number of rotatable bonds is 6. The standard InChI is InChI=1S/C19H28N6.HI/c1-4-20-19(22-14-17-9-11-23-24(17)3)21-13-15(2)25-12-10-16-7-5-6-8-18(16)25;/h5-9,11,15H,4,10,12-14H2,1-3H3,(H2,20,21,22);1H. The van der Waals surface area contributed by atoms with Crippen LogP contribution < -0.4 is 15.5 Å². The third kappa shape index (κ3) is 4.90. The van der Waals surface area contributed by atoms with Gasteiger partial charge in [0, 0.05) is 44.6 Å². The third-order valence-corrected chi connectivity index (χ3v) is 4.69. The zero-order valence-electron chi connectivity index (χ0n) is 15.8. The highest BCUT2D eigenvalue weighted by molar-refractivity contribution is 14.0. The van der Waals surface area contributed by atoms with Gasteiger partial charge < -0.3 is 15.5 Å². The van der Waals surface area contributed by atoms with Crippen LogP contribution >= 0.6 is 24.0 Å². The van der Waals surface area contributed by atoms with Crippen LogP contribution in [0.25, 0.3) is 0 Å². The Labute approximate surface area is 173 Å². The maximum atomic E-state index is 4.67. The van der Waals surface area contributed by atoms with Crippen molar-refractivity contribution in [1.82, 2.24) is 20.4 Å². The van der Waals surface area contributed by atoms with Crippen molar-refractivity contribution in [2.45, 2.75) is 32.9 Å². The quantitative estimate of drug-likeness (QED) is 0.389. The number of hydrogen-bond acceptors (Lipinski definition) is 3. The fourth-order valence-electron chi connectivity index (χ4n) is 3.23. The lowest BCUT2D eigenvalue weighted by molar-refractivity contribution is 0.624. The Morgan fingerprint density at radius 1 is 1.27 bits per heavy atom. The van der Waals surface area contributed by atoms with Gasteiger partial charge in [0.05, 0.1) is 12.2 Å². The maximum absolute atomic E-state index is 4.67. The molecular formula is C19H29IN6. The topological polar surface area (TPSA) is 57.5 Å². The molecule has 1 aliphatic rings. The average molecular weight is 468 g/mol. The Bertz CT molecular complexity index is 726. The average Bonchev–Trinajstić information content (AvgIpc) is 3.23. The van der Waals surface area contributed by atoms with Gasteiger partial charge in [-0.15, -0.1) is 24.0 Å². The predicted molar refractivity (Wildman–Crippen MR) is 118 cm³/mol. The number of fused-ring (bicyclic) bond motifs is 1. The number of benzene rings is 1. The first kappa shape index (κ1) is 20.5. The summed E-state index contributed by atoms with van der Waals surface area (Å²) >= 11 is 0. The molecule has 1 aliphatic heterocycles. The molecule has 0 spiro atoms. The Balaban J connectivity index is 0.00000243. The van der Waals surface area contributed by atoms with Crippen LogP contribution in [-0.2, 0) is 20.0 Å². The number of aliphatic imine (C=N–C) groups is 1. The van der Waals surface area contributed by atoms with Crippen LogP contribution in [0.4, 0.5) is 5.69 Å². The number of aromatic nitrogens is 2. The highest BCUT2D eigenvalue weighted by Crippen LogP contribution is 2.28. The normalized spacial score (nSPS) is 14.6. The minimum absolute atomic E-state index is 0. The van der Waals surface area contributed by atoms with Gasteiger partial charge in [0.25, 0.3) is 0 Å². The molecule has 142 valence electrons. The second kappa shape index (κ2) is 9.80.